The zero-order chi connectivity index (χ0) is 18.1. The number of fused-ring (bicyclic) bond motifs is 1. The van der Waals surface area contributed by atoms with E-state index in [1.54, 1.807) is 17.0 Å². The molecule has 6 nitrogen and oxygen atoms in total. The molecule has 134 valence electrons. The van der Waals surface area contributed by atoms with Crippen molar-refractivity contribution < 1.29 is 19.1 Å². The lowest BCUT2D eigenvalue weighted by Gasteiger charge is -2.22. The lowest BCUT2D eigenvalue weighted by molar-refractivity contribution is -0.129. The number of hydrogen-bond acceptors (Lipinski definition) is 4. The van der Waals surface area contributed by atoms with E-state index in [1.165, 1.54) is 0 Å². The first-order chi connectivity index (χ1) is 12.6. The van der Waals surface area contributed by atoms with Gasteiger partial charge in [0.2, 0.25) is 11.8 Å². The van der Waals surface area contributed by atoms with Crippen molar-refractivity contribution in [3.8, 4) is 11.5 Å². The van der Waals surface area contributed by atoms with Gasteiger partial charge in [0.05, 0.1) is 0 Å². The van der Waals surface area contributed by atoms with Crippen LogP contribution in [0.25, 0.3) is 0 Å². The largest absolute Gasteiger partial charge is 0.486 e. The van der Waals surface area contributed by atoms with Gasteiger partial charge < -0.3 is 19.7 Å². The Morgan fingerprint density at radius 1 is 1.12 bits per heavy atom. The average molecular weight is 352 g/mol. The van der Waals surface area contributed by atoms with E-state index in [9.17, 15) is 9.59 Å². The van der Waals surface area contributed by atoms with Crippen molar-refractivity contribution in [2.45, 2.75) is 13.3 Å². The van der Waals surface area contributed by atoms with Gasteiger partial charge in [0.25, 0.3) is 0 Å². The zero-order valence-electron chi connectivity index (χ0n) is 14.5. The molecule has 2 aliphatic rings. The van der Waals surface area contributed by atoms with E-state index in [2.05, 4.69) is 5.32 Å². The number of rotatable bonds is 3. The van der Waals surface area contributed by atoms with E-state index in [4.69, 9.17) is 9.47 Å². The standard InChI is InChI=1S/C20H20N2O4/c1-13-3-2-4-14(11-13)21-19(23)16-7-8-22(20(16)24)15-5-6-17-18(12-15)26-10-9-25-17/h2-6,11-12,16H,7-10H2,1H3,(H,21,23). The number of anilines is 2. The Balaban J connectivity index is 1.48. The van der Waals surface area contributed by atoms with Crippen molar-refractivity contribution in [1.82, 2.24) is 0 Å². The maximum atomic E-state index is 12.8. The molecule has 2 aromatic rings. The van der Waals surface area contributed by atoms with E-state index < -0.39 is 5.92 Å². The van der Waals surface area contributed by atoms with Crippen LogP contribution in [0, 0.1) is 12.8 Å². The fraction of sp³-hybridized carbons (Fsp3) is 0.300. The Kier molecular flexibility index (Phi) is 4.24. The molecule has 1 atom stereocenters. The number of hydrogen-bond donors (Lipinski definition) is 1. The highest BCUT2D eigenvalue weighted by atomic mass is 16.6. The molecular formula is C20H20N2O4. The van der Waals surface area contributed by atoms with Gasteiger partial charge in [0.1, 0.15) is 19.1 Å². The second-order valence-electron chi connectivity index (χ2n) is 6.52. The third-order valence-corrected chi connectivity index (χ3v) is 4.65. The van der Waals surface area contributed by atoms with Crippen LogP contribution >= 0.6 is 0 Å². The highest BCUT2D eigenvalue weighted by Gasteiger charge is 2.38. The number of carbonyl (C=O) groups is 2. The summed E-state index contributed by atoms with van der Waals surface area (Å²) in [7, 11) is 0. The molecule has 4 rings (SSSR count). The van der Waals surface area contributed by atoms with Crippen molar-refractivity contribution in [1.29, 1.82) is 0 Å². The lowest BCUT2D eigenvalue weighted by Crippen LogP contribution is -2.33. The molecule has 1 N–H and O–H groups in total. The van der Waals surface area contributed by atoms with Crippen molar-refractivity contribution in [2.24, 2.45) is 5.92 Å². The number of nitrogens with zero attached hydrogens (tertiary/aromatic N) is 1. The Morgan fingerprint density at radius 3 is 2.73 bits per heavy atom. The zero-order valence-corrected chi connectivity index (χ0v) is 14.5. The van der Waals surface area contributed by atoms with Gasteiger partial charge in [-0.3, -0.25) is 9.59 Å². The summed E-state index contributed by atoms with van der Waals surface area (Å²) < 4.78 is 11.1. The van der Waals surface area contributed by atoms with Gasteiger partial charge in [0, 0.05) is 24.0 Å². The minimum Gasteiger partial charge on any atom is -0.486 e. The molecule has 2 amide bonds. The summed E-state index contributed by atoms with van der Waals surface area (Å²) in [5, 5.41) is 2.85. The van der Waals surface area contributed by atoms with Crippen LogP contribution in [-0.2, 0) is 9.59 Å². The van der Waals surface area contributed by atoms with E-state index in [-0.39, 0.29) is 11.8 Å². The molecule has 2 aromatic carbocycles. The molecular weight excluding hydrogens is 332 g/mol. The molecule has 1 unspecified atom stereocenters. The molecule has 0 spiro atoms. The fourth-order valence-electron chi connectivity index (χ4n) is 3.33. The van der Waals surface area contributed by atoms with Gasteiger partial charge in [-0.15, -0.1) is 0 Å². The second-order valence-corrected chi connectivity index (χ2v) is 6.52. The quantitative estimate of drug-likeness (QED) is 0.863. The summed E-state index contributed by atoms with van der Waals surface area (Å²) in [4.78, 5) is 26.9. The molecule has 0 aromatic heterocycles. The smallest absolute Gasteiger partial charge is 0.239 e. The van der Waals surface area contributed by atoms with Crippen LogP contribution < -0.4 is 19.7 Å². The van der Waals surface area contributed by atoms with E-state index in [0.29, 0.717) is 43.4 Å². The number of carbonyl (C=O) groups excluding carboxylic acids is 2. The summed E-state index contributed by atoms with van der Waals surface area (Å²) in [5.41, 5.74) is 2.49. The topological polar surface area (TPSA) is 67.9 Å². The molecule has 0 saturated carbocycles. The molecule has 26 heavy (non-hydrogen) atoms. The van der Waals surface area contributed by atoms with Crippen LogP contribution in [0.2, 0.25) is 0 Å². The van der Waals surface area contributed by atoms with E-state index in [0.717, 1.165) is 11.3 Å². The number of nitrogens with one attached hydrogen (secondary N) is 1. The molecule has 6 heteroatoms. The summed E-state index contributed by atoms with van der Waals surface area (Å²) in [6, 6.07) is 13.0. The molecule has 0 aliphatic carbocycles. The van der Waals surface area contributed by atoms with Gasteiger partial charge >= 0.3 is 0 Å². The highest BCUT2D eigenvalue weighted by molar-refractivity contribution is 6.13. The molecule has 2 aliphatic heterocycles. The normalized spacial score (nSPS) is 18.7. The maximum Gasteiger partial charge on any atom is 0.239 e. The lowest BCUT2D eigenvalue weighted by atomic mass is 10.1. The Morgan fingerprint density at radius 2 is 1.92 bits per heavy atom. The molecule has 2 heterocycles. The monoisotopic (exact) mass is 352 g/mol. The molecule has 0 radical (unpaired) electrons. The van der Waals surface area contributed by atoms with Crippen LogP contribution in [0.1, 0.15) is 12.0 Å². The Bertz CT molecular complexity index is 865. The van der Waals surface area contributed by atoms with Gasteiger partial charge in [-0.25, -0.2) is 0 Å². The second kappa shape index (κ2) is 6.71. The SMILES string of the molecule is Cc1cccc(NC(=O)C2CCN(c3ccc4c(c3)OCCO4)C2=O)c1. The van der Waals surface area contributed by atoms with Crippen LogP contribution in [0.5, 0.6) is 11.5 Å². The molecule has 0 bridgehead atoms. The van der Waals surface area contributed by atoms with Gasteiger partial charge in [-0.2, -0.15) is 0 Å². The van der Waals surface area contributed by atoms with Crippen LogP contribution in [0.4, 0.5) is 11.4 Å². The summed E-state index contributed by atoms with van der Waals surface area (Å²) in [6.45, 7) is 3.48. The summed E-state index contributed by atoms with van der Waals surface area (Å²) in [6.07, 6.45) is 0.491. The minimum absolute atomic E-state index is 0.188. The number of ether oxygens (including phenoxy) is 2. The average Bonchev–Trinajstić information content (AvgIpc) is 3.03. The van der Waals surface area contributed by atoms with E-state index in [1.807, 2.05) is 37.3 Å². The number of amides is 2. The first-order valence-electron chi connectivity index (χ1n) is 8.70. The van der Waals surface area contributed by atoms with Crippen LogP contribution in [0.15, 0.2) is 42.5 Å². The summed E-state index contributed by atoms with van der Waals surface area (Å²) >= 11 is 0. The van der Waals surface area contributed by atoms with Crippen molar-refractivity contribution in [3.05, 3.63) is 48.0 Å². The first-order valence-corrected chi connectivity index (χ1v) is 8.70. The minimum atomic E-state index is -0.677. The predicted octanol–water partition coefficient (Wildman–Crippen LogP) is 2.76. The van der Waals surface area contributed by atoms with Gasteiger partial charge in [-0.1, -0.05) is 12.1 Å². The van der Waals surface area contributed by atoms with Crippen LogP contribution in [0.3, 0.4) is 0 Å². The van der Waals surface area contributed by atoms with E-state index >= 15 is 0 Å². The third kappa shape index (κ3) is 3.10. The van der Waals surface area contributed by atoms with Crippen molar-refractivity contribution in [2.75, 3.05) is 30.0 Å². The maximum absolute atomic E-state index is 12.8. The Labute approximate surface area is 151 Å². The first kappa shape index (κ1) is 16.4. The number of aryl methyl sites for hydroxylation is 1. The van der Waals surface area contributed by atoms with Crippen molar-refractivity contribution >= 4 is 23.2 Å². The Hall–Kier alpha value is -3.02. The predicted molar refractivity (Wildman–Crippen MR) is 97.7 cm³/mol. The summed E-state index contributed by atoms with van der Waals surface area (Å²) in [5.74, 6) is 0.186. The molecule has 1 saturated heterocycles. The highest BCUT2D eigenvalue weighted by Crippen LogP contribution is 2.36. The van der Waals surface area contributed by atoms with Gasteiger partial charge in [-0.05, 0) is 43.2 Å². The number of benzene rings is 2. The fourth-order valence-corrected chi connectivity index (χ4v) is 3.33. The van der Waals surface area contributed by atoms with Crippen molar-refractivity contribution in [3.63, 3.8) is 0 Å². The van der Waals surface area contributed by atoms with Crippen LogP contribution in [-0.4, -0.2) is 31.6 Å². The third-order valence-electron chi connectivity index (χ3n) is 4.65. The van der Waals surface area contributed by atoms with Gasteiger partial charge in [0.15, 0.2) is 11.5 Å². The molecule has 1 fully saturated rings.